The number of piperidine rings is 1. The van der Waals surface area contributed by atoms with E-state index in [2.05, 4.69) is 58.9 Å². The zero-order valence-electron chi connectivity index (χ0n) is 10.6. The van der Waals surface area contributed by atoms with Crippen LogP contribution in [0.25, 0.3) is 0 Å². The molecular weight excluding hydrogens is 276 g/mol. The molecule has 0 saturated carbocycles. The normalized spacial score (nSPS) is 23.8. The van der Waals surface area contributed by atoms with Crippen LogP contribution in [0.5, 0.6) is 0 Å². The maximum absolute atomic E-state index is 5.83. The van der Waals surface area contributed by atoms with E-state index in [0.29, 0.717) is 5.92 Å². The number of nitrogens with two attached hydrogens (primary N) is 1. The maximum atomic E-state index is 5.83. The molecule has 17 heavy (non-hydrogen) atoms. The van der Waals surface area contributed by atoms with Gasteiger partial charge in [-0.2, -0.15) is 0 Å². The summed E-state index contributed by atoms with van der Waals surface area (Å²) in [6.07, 6.45) is 2.45. The number of nitrogens with zero attached hydrogens (tertiary/aromatic N) is 1. The lowest BCUT2D eigenvalue weighted by molar-refractivity contribution is 0.295. The van der Waals surface area contributed by atoms with Gasteiger partial charge in [0.25, 0.3) is 0 Å². The zero-order chi connectivity index (χ0) is 12.5. The molecule has 1 heterocycles. The van der Waals surface area contributed by atoms with E-state index >= 15 is 0 Å². The Morgan fingerprint density at radius 2 is 2.24 bits per heavy atom. The number of anilines is 1. The lowest BCUT2D eigenvalue weighted by Crippen LogP contribution is -2.51. The standard InChI is InChI=1S/C14H21BrN2/c1-14(2)7-6-11(9-16)10-17(14)13-5-3-4-12(15)8-13/h3-5,8,11H,6-7,9-10,16H2,1-2H3. The first-order valence-electron chi connectivity index (χ1n) is 6.26. The van der Waals surface area contributed by atoms with Gasteiger partial charge in [-0.05, 0) is 57.4 Å². The molecular formula is C14H21BrN2. The van der Waals surface area contributed by atoms with Gasteiger partial charge in [-0.3, -0.25) is 0 Å². The topological polar surface area (TPSA) is 29.3 Å². The highest BCUT2D eigenvalue weighted by Gasteiger charge is 2.33. The van der Waals surface area contributed by atoms with Gasteiger partial charge in [0.15, 0.2) is 0 Å². The fourth-order valence-corrected chi connectivity index (χ4v) is 2.97. The molecule has 0 spiro atoms. The molecule has 0 amide bonds. The van der Waals surface area contributed by atoms with Crippen LogP contribution in [-0.2, 0) is 0 Å². The van der Waals surface area contributed by atoms with Crippen LogP contribution in [0.4, 0.5) is 5.69 Å². The van der Waals surface area contributed by atoms with E-state index in [0.717, 1.165) is 17.6 Å². The highest BCUT2D eigenvalue weighted by Crippen LogP contribution is 2.35. The third-order valence-corrected chi connectivity index (χ3v) is 4.28. The zero-order valence-corrected chi connectivity index (χ0v) is 12.2. The van der Waals surface area contributed by atoms with Crippen LogP contribution in [0, 0.1) is 5.92 Å². The summed E-state index contributed by atoms with van der Waals surface area (Å²) in [6.45, 7) is 6.50. The summed E-state index contributed by atoms with van der Waals surface area (Å²) in [7, 11) is 0. The summed E-state index contributed by atoms with van der Waals surface area (Å²) in [5.41, 5.74) is 7.35. The first-order valence-corrected chi connectivity index (χ1v) is 7.05. The lowest BCUT2D eigenvalue weighted by atomic mass is 9.84. The average Bonchev–Trinajstić information content (AvgIpc) is 2.29. The van der Waals surface area contributed by atoms with Crippen molar-refractivity contribution < 1.29 is 0 Å². The molecule has 2 N–H and O–H groups in total. The second kappa shape index (κ2) is 4.99. The molecule has 94 valence electrons. The van der Waals surface area contributed by atoms with E-state index in [1.165, 1.54) is 18.5 Å². The summed E-state index contributed by atoms with van der Waals surface area (Å²) in [5, 5.41) is 0. The predicted octanol–water partition coefficient (Wildman–Crippen LogP) is 3.40. The Labute approximate surface area is 112 Å². The van der Waals surface area contributed by atoms with Gasteiger partial charge in [0.05, 0.1) is 0 Å². The van der Waals surface area contributed by atoms with E-state index in [4.69, 9.17) is 5.73 Å². The van der Waals surface area contributed by atoms with Gasteiger partial charge in [0, 0.05) is 22.2 Å². The molecule has 2 nitrogen and oxygen atoms in total. The molecule has 0 aromatic heterocycles. The van der Waals surface area contributed by atoms with Gasteiger partial charge >= 0.3 is 0 Å². The average molecular weight is 297 g/mol. The van der Waals surface area contributed by atoms with Crippen molar-refractivity contribution in [2.24, 2.45) is 11.7 Å². The van der Waals surface area contributed by atoms with Crippen molar-refractivity contribution in [1.82, 2.24) is 0 Å². The Hall–Kier alpha value is -0.540. The summed E-state index contributed by atoms with van der Waals surface area (Å²) in [6, 6.07) is 8.55. The van der Waals surface area contributed by atoms with Crippen molar-refractivity contribution >= 4 is 21.6 Å². The minimum Gasteiger partial charge on any atom is -0.366 e. The fourth-order valence-electron chi connectivity index (χ4n) is 2.58. The fraction of sp³-hybridized carbons (Fsp3) is 0.571. The lowest BCUT2D eigenvalue weighted by Gasteiger charge is -2.47. The van der Waals surface area contributed by atoms with E-state index < -0.39 is 0 Å². The van der Waals surface area contributed by atoms with Crippen molar-refractivity contribution in [3.8, 4) is 0 Å². The van der Waals surface area contributed by atoms with Gasteiger partial charge in [-0.15, -0.1) is 0 Å². The smallest absolute Gasteiger partial charge is 0.0382 e. The van der Waals surface area contributed by atoms with Crippen molar-refractivity contribution in [3.05, 3.63) is 28.7 Å². The van der Waals surface area contributed by atoms with Crippen LogP contribution >= 0.6 is 15.9 Å². The molecule has 2 rings (SSSR count). The predicted molar refractivity (Wildman–Crippen MR) is 77.3 cm³/mol. The van der Waals surface area contributed by atoms with Crippen molar-refractivity contribution in [1.29, 1.82) is 0 Å². The molecule has 0 aliphatic carbocycles. The van der Waals surface area contributed by atoms with Gasteiger partial charge in [0.1, 0.15) is 0 Å². The van der Waals surface area contributed by atoms with Gasteiger partial charge < -0.3 is 10.6 Å². The monoisotopic (exact) mass is 296 g/mol. The second-order valence-electron chi connectivity index (χ2n) is 5.54. The highest BCUT2D eigenvalue weighted by molar-refractivity contribution is 9.10. The number of benzene rings is 1. The quantitative estimate of drug-likeness (QED) is 0.906. The molecule has 1 unspecified atom stereocenters. The molecule has 1 aliphatic rings. The van der Waals surface area contributed by atoms with Gasteiger partial charge in [0.2, 0.25) is 0 Å². The Kier molecular flexibility index (Phi) is 3.79. The summed E-state index contributed by atoms with van der Waals surface area (Å²) in [4.78, 5) is 2.50. The molecule has 0 radical (unpaired) electrons. The maximum Gasteiger partial charge on any atom is 0.0382 e. The molecule has 1 saturated heterocycles. The van der Waals surface area contributed by atoms with Crippen LogP contribution in [0.3, 0.4) is 0 Å². The Morgan fingerprint density at radius 1 is 1.47 bits per heavy atom. The van der Waals surface area contributed by atoms with Crippen LogP contribution < -0.4 is 10.6 Å². The van der Waals surface area contributed by atoms with Gasteiger partial charge in [-0.25, -0.2) is 0 Å². The molecule has 1 fully saturated rings. The third-order valence-electron chi connectivity index (χ3n) is 3.79. The van der Waals surface area contributed by atoms with Crippen molar-refractivity contribution in [2.75, 3.05) is 18.0 Å². The largest absolute Gasteiger partial charge is 0.366 e. The number of rotatable bonds is 2. The summed E-state index contributed by atoms with van der Waals surface area (Å²) in [5.74, 6) is 0.627. The first kappa shape index (κ1) is 12.9. The van der Waals surface area contributed by atoms with Crippen molar-refractivity contribution in [2.45, 2.75) is 32.2 Å². The van der Waals surface area contributed by atoms with Crippen LogP contribution in [0.1, 0.15) is 26.7 Å². The first-order chi connectivity index (χ1) is 8.03. The second-order valence-corrected chi connectivity index (χ2v) is 6.46. The number of hydrogen-bond acceptors (Lipinski definition) is 2. The Morgan fingerprint density at radius 3 is 2.88 bits per heavy atom. The summed E-state index contributed by atoms with van der Waals surface area (Å²) < 4.78 is 1.14. The Balaban J connectivity index is 2.27. The minimum atomic E-state index is 0.229. The van der Waals surface area contributed by atoms with Gasteiger partial charge in [-0.1, -0.05) is 22.0 Å². The van der Waals surface area contributed by atoms with Crippen LogP contribution in [0.2, 0.25) is 0 Å². The van der Waals surface area contributed by atoms with Crippen molar-refractivity contribution in [3.63, 3.8) is 0 Å². The minimum absolute atomic E-state index is 0.229. The molecule has 0 bridgehead atoms. The van der Waals surface area contributed by atoms with Crippen LogP contribution in [0.15, 0.2) is 28.7 Å². The summed E-state index contributed by atoms with van der Waals surface area (Å²) >= 11 is 3.55. The number of hydrogen-bond donors (Lipinski definition) is 1. The third kappa shape index (κ3) is 2.83. The molecule has 1 aromatic carbocycles. The molecule has 1 atom stereocenters. The van der Waals surface area contributed by atoms with E-state index in [1.54, 1.807) is 0 Å². The number of halogens is 1. The van der Waals surface area contributed by atoms with Crippen LogP contribution in [-0.4, -0.2) is 18.6 Å². The molecule has 3 heteroatoms. The Bertz CT molecular complexity index is 390. The van der Waals surface area contributed by atoms with E-state index in [1.807, 2.05) is 0 Å². The molecule has 1 aromatic rings. The highest BCUT2D eigenvalue weighted by atomic mass is 79.9. The van der Waals surface area contributed by atoms with E-state index in [-0.39, 0.29) is 5.54 Å². The van der Waals surface area contributed by atoms with E-state index in [9.17, 15) is 0 Å². The molecule has 1 aliphatic heterocycles. The SMILES string of the molecule is CC1(C)CCC(CN)CN1c1cccc(Br)c1.